The molecular weight excluding hydrogens is 997 g/mol. The third-order valence-corrected chi connectivity index (χ3v) is 18.5. The molecule has 76 heavy (non-hydrogen) atoms. The first-order valence-corrected chi connectivity index (χ1v) is 29.3. The van der Waals surface area contributed by atoms with E-state index in [9.17, 15) is 28.8 Å². The summed E-state index contributed by atoms with van der Waals surface area (Å²) in [4.78, 5) is 87.1. The molecule has 0 saturated carbocycles. The Morgan fingerprint density at radius 2 is 0.987 bits per heavy atom. The number of benzene rings is 4. The Bertz CT molecular complexity index is 2530. The van der Waals surface area contributed by atoms with Crippen LogP contribution in [0.2, 0.25) is 0 Å². The maximum absolute atomic E-state index is 14.6. The highest BCUT2D eigenvalue weighted by molar-refractivity contribution is 8.00. The molecule has 4 fully saturated rings. The fraction of sp³-hybridized carbons (Fsp3) is 0.533. The zero-order valence-electron chi connectivity index (χ0n) is 45.5. The number of carbonyl (C=O) groups excluding carboxylic acids is 6. The molecule has 4 aromatic rings. The number of amides is 6. The van der Waals surface area contributed by atoms with Crippen molar-refractivity contribution in [3.05, 3.63) is 119 Å². The Labute approximate surface area is 457 Å². The van der Waals surface area contributed by atoms with Crippen molar-refractivity contribution >= 4 is 69.7 Å². The molecule has 10 atom stereocenters. The smallest absolute Gasteiger partial charge is 0.246 e. The molecule has 0 radical (unpaired) electrons. The van der Waals surface area contributed by atoms with E-state index >= 15 is 0 Å². The van der Waals surface area contributed by atoms with E-state index < -0.39 is 47.1 Å². The van der Waals surface area contributed by atoms with Gasteiger partial charge >= 0.3 is 0 Å². The van der Waals surface area contributed by atoms with Crippen molar-refractivity contribution in [3.8, 4) is 0 Å². The second kappa shape index (κ2) is 24.9. The molecule has 0 aromatic heterocycles. The normalized spacial score (nSPS) is 24.5. The number of carbonyl (C=O) groups is 6. The van der Waals surface area contributed by atoms with Crippen molar-refractivity contribution in [1.82, 2.24) is 31.1 Å². The van der Waals surface area contributed by atoms with Crippen molar-refractivity contribution < 1.29 is 38.2 Å². The zero-order chi connectivity index (χ0) is 54.3. The van der Waals surface area contributed by atoms with Gasteiger partial charge in [0.2, 0.25) is 35.4 Å². The fourth-order valence-electron chi connectivity index (χ4n) is 11.1. The summed E-state index contributed by atoms with van der Waals surface area (Å²) in [6.07, 6.45) is 3.70. The summed E-state index contributed by atoms with van der Waals surface area (Å²) in [6.45, 7) is 16.8. The Hall–Kier alpha value is -5.42. The van der Waals surface area contributed by atoms with Gasteiger partial charge in [-0.2, -0.15) is 0 Å². The number of rotatable bonds is 20. The zero-order valence-corrected chi connectivity index (χ0v) is 47.1. The highest BCUT2D eigenvalue weighted by Crippen LogP contribution is 2.48. The van der Waals surface area contributed by atoms with Crippen LogP contribution in [0.25, 0.3) is 10.8 Å². The maximum atomic E-state index is 14.6. The summed E-state index contributed by atoms with van der Waals surface area (Å²) < 4.78 is 12.8. The molecular formula is C60H78N6O8S2. The first-order chi connectivity index (χ1) is 36.4. The molecule has 0 spiro atoms. The number of ether oxygens (including phenoxy) is 2. The minimum atomic E-state index is -0.737. The van der Waals surface area contributed by atoms with Crippen LogP contribution in [0.5, 0.6) is 0 Å². The van der Waals surface area contributed by atoms with Gasteiger partial charge in [0.05, 0.1) is 49.3 Å². The molecule has 14 nitrogen and oxygen atoms in total. The van der Waals surface area contributed by atoms with Gasteiger partial charge in [-0.25, -0.2) is 0 Å². The lowest BCUT2D eigenvalue weighted by Gasteiger charge is -2.35. The van der Waals surface area contributed by atoms with Gasteiger partial charge in [-0.3, -0.25) is 28.8 Å². The third-order valence-electron chi connectivity index (χ3n) is 16.0. The summed E-state index contributed by atoms with van der Waals surface area (Å²) in [7, 11) is 0. The highest BCUT2D eigenvalue weighted by Gasteiger charge is 2.56. The molecule has 4 heterocycles. The van der Waals surface area contributed by atoms with Crippen molar-refractivity contribution in [1.29, 1.82) is 0 Å². The summed E-state index contributed by atoms with van der Waals surface area (Å²) in [5.74, 6) is -0.206. The molecule has 408 valence electrons. The predicted octanol–water partition coefficient (Wildman–Crippen LogP) is 8.83. The Morgan fingerprint density at radius 3 is 1.37 bits per heavy atom. The molecule has 4 aromatic carbocycles. The van der Waals surface area contributed by atoms with E-state index in [1.807, 2.05) is 128 Å². The molecule has 4 aliphatic heterocycles. The van der Waals surface area contributed by atoms with Crippen LogP contribution in [-0.2, 0) is 51.5 Å². The van der Waals surface area contributed by atoms with E-state index in [0.717, 1.165) is 33.0 Å². The van der Waals surface area contributed by atoms with Crippen molar-refractivity contribution in [2.24, 2.45) is 22.7 Å². The Kier molecular flexibility index (Phi) is 18.6. The van der Waals surface area contributed by atoms with Crippen LogP contribution in [0.3, 0.4) is 0 Å². The topological polar surface area (TPSA) is 175 Å². The summed E-state index contributed by atoms with van der Waals surface area (Å²) in [5.41, 5.74) is 2.66. The maximum Gasteiger partial charge on any atom is 0.246 e. The first kappa shape index (κ1) is 56.8. The van der Waals surface area contributed by atoms with Gasteiger partial charge in [0.25, 0.3) is 0 Å². The van der Waals surface area contributed by atoms with Gasteiger partial charge < -0.3 is 40.5 Å². The number of fused-ring (bicyclic) bond motifs is 3. The largest absolute Gasteiger partial charge is 0.374 e. The van der Waals surface area contributed by atoms with Gasteiger partial charge in [-0.15, -0.1) is 23.5 Å². The summed E-state index contributed by atoms with van der Waals surface area (Å²) in [6, 6.07) is 28.0. The molecule has 1 unspecified atom stereocenters. The van der Waals surface area contributed by atoms with E-state index in [1.165, 1.54) is 0 Å². The van der Waals surface area contributed by atoms with Gasteiger partial charge in [-0.05, 0) is 106 Å². The third kappa shape index (κ3) is 13.1. The molecule has 16 heteroatoms. The molecule has 4 saturated heterocycles. The Balaban J connectivity index is 0.912. The minimum Gasteiger partial charge on any atom is -0.374 e. The second-order valence-electron chi connectivity index (χ2n) is 22.6. The molecule has 0 bridgehead atoms. The molecule has 6 amide bonds. The standard InChI is InChI=1S/C60H78N6O8S2/c1-9-37(3)53(67)61-45-25-27-75-49-31-59(5,6)51(65(49)57(45)71)55(69)63-47(42-17-13-11-14-18-42)35-73-33-39-21-23-41-24-22-40(30-44(41)29-39)34-74-36-48(43-19-15-12-16-20-43)64-56(70)52-60(7,8)32-50-66(52)58(72)46(26-28-76-50)62-54(68)38(4)10-2/h11-24,29-30,37-38,45-52H,9-10,25-28,31-36H2,1-8H3,(H,61,67)(H,62,68)(H,63,69)(H,64,70)/t37-,38-,45+,46+,47-,48-,49+,50+,51+,52?/m1/s1. The average molecular weight is 1080 g/mol. The van der Waals surface area contributed by atoms with Gasteiger partial charge in [0, 0.05) is 11.8 Å². The lowest BCUT2D eigenvalue weighted by atomic mass is 9.83. The van der Waals surface area contributed by atoms with Crippen LogP contribution in [0.15, 0.2) is 97.1 Å². The van der Waals surface area contributed by atoms with Crippen molar-refractivity contribution in [2.75, 3.05) is 24.7 Å². The van der Waals surface area contributed by atoms with E-state index in [2.05, 4.69) is 45.5 Å². The average Bonchev–Trinajstić information content (AvgIpc) is 3.74. The van der Waals surface area contributed by atoms with Gasteiger partial charge in [-0.1, -0.05) is 140 Å². The monoisotopic (exact) mass is 1070 g/mol. The molecule has 4 aliphatic rings. The van der Waals surface area contributed by atoms with E-state index in [1.54, 1.807) is 33.3 Å². The van der Waals surface area contributed by atoms with Gasteiger partial charge in [0.1, 0.15) is 24.2 Å². The lowest BCUT2D eigenvalue weighted by Crippen LogP contribution is -2.57. The van der Waals surface area contributed by atoms with Crippen LogP contribution in [0.1, 0.15) is 128 Å². The van der Waals surface area contributed by atoms with E-state index in [-0.39, 0.29) is 84.5 Å². The second-order valence-corrected chi connectivity index (χ2v) is 25.2. The van der Waals surface area contributed by atoms with E-state index in [0.29, 0.717) is 50.0 Å². The molecule has 8 rings (SSSR count). The summed E-state index contributed by atoms with van der Waals surface area (Å²) >= 11 is 3.36. The minimum absolute atomic E-state index is 0.144. The quantitative estimate of drug-likeness (QED) is 0.0670. The van der Waals surface area contributed by atoms with Crippen LogP contribution in [0.4, 0.5) is 0 Å². The fourth-order valence-corrected chi connectivity index (χ4v) is 14.3. The van der Waals surface area contributed by atoms with Crippen molar-refractivity contribution in [3.63, 3.8) is 0 Å². The van der Waals surface area contributed by atoms with Crippen LogP contribution < -0.4 is 21.3 Å². The lowest BCUT2D eigenvalue weighted by molar-refractivity contribution is -0.144. The van der Waals surface area contributed by atoms with Crippen LogP contribution in [0, 0.1) is 22.7 Å². The number of nitrogens with zero attached hydrogens (tertiary/aromatic N) is 2. The number of hydrogen-bond acceptors (Lipinski definition) is 10. The number of nitrogens with one attached hydrogen (secondary N) is 4. The first-order valence-electron chi connectivity index (χ1n) is 27.2. The molecule has 0 aliphatic carbocycles. The van der Waals surface area contributed by atoms with E-state index in [4.69, 9.17) is 9.47 Å². The Morgan fingerprint density at radius 1 is 0.592 bits per heavy atom. The highest BCUT2D eigenvalue weighted by atomic mass is 32.2. The molecule has 4 N–H and O–H groups in total. The predicted molar refractivity (Wildman–Crippen MR) is 300 cm³/mol. The van der Waals surface area contributed by atoms with Crippen molar-refractivity contribution in [2.45, 2.75) is 154 Å². The number of thioether (sulfide) groups is 2. The SMILES string of the molecule is CC[C@@H](C)C(=O)N[C@H]1CCS[C@H]2CC(C)(C)C(C(=O)N[C@H](COCc3ccc4ccc(COC[C@@H](NC(=O)[C@@H]5N6C(=O)[C@@H](NC(=O)[C@H](C)CC)CCS[C@H]6CC5(C)C)c5ccccc5)cc4c3)c3ccccc3)N2C1=O. The van der Waals surface area contributed by atoms with Crippen LogP contribution >= 0.6 is 23.5 Å². The summed E-state index contributed by atoms with van der Waals surface area (Å²) in [5, 5.41) is 14.3. The van der Waals surface area contributed by atoms with Gasteiger partial charge in [0.15, 0.2) is 0 Å². The number of hydrogen-bond donors (Lipinski definition) is 4. The van der Waals surface area contributed by atoms with Crippen LogP contribution in [-0.4, -0.2) is 105 Å².